The maximum absolute atomic E-state index is 13.2. The summed E-state index contributed by atoms with van der Waals surface area (Å²) < 4.78 is 21.3. The first-order valence-electron chi connectivity index (χ1n) is 11.2. The monoisotopic (exact) mass is 486 g/mol. The fraction of sp³-hybridized carbons (Fsp3) is 0.179. The van der Waals surface area contributed by atoms with E-state index in [1.54, 1.807) is 37.4 Å². The molecule has 0 aliphatic rings. The Labute approximate surface area is 208 Å². The number of ether oxygens (including phenoxy) is 4. The summed E-state index contributed by atoms with van der Waals surface area (Å²) in [6.07, 6.45) is -1.08. The molecule has 0 bridgehead atoms. The summed E-state index contributed by atoms with van der Waals surface area (Å²) in [4.78, 5) is 30.8. The quantitative estimate of drug-likeness (QED) is 0.346. The number of anilines is 1. The van der Waals surface area contributed by atoms with Crippen molar-refractivity contribution in [2.45, 2.75) is 13.0 Å². The van der Waals surface area contributed by atoms with Crippen LogP contribution in [0.3, 0.4) is 0 Å². The minimum Gasteiger partial charge on any atom is -0.497 e. The molecule has 0 saturated carbocycles. The van der Waals surface area contributed by atoms with E-state index in [4.69, 9.17) is 23.9 Å². The van der Waals surface area contributed by atoms with E-state index in [1.165, 1.54) is 21.1 Å². The van der Waals surface area contributed by atoms with Crippen LogP contribution >= 0.6 is 0 Å². The van der Waals surface area contributed by atoms with Crippen LogP contribution in [0.2, 0.25) is 0 Å². The van der Waals surface area contributed by atoms with Crippen molar-refractivity contribution in [2.75, 3.05) is 26.6 Å². The molecule has 0 aliphatic heterocycles. The molecule has 0 saturated heterocycles. The zero-order chi connectivity index (χ0) is 25.7. The Morgan fingerprint density at radius 1 is 0.833 bits per heavy atom. The van der Waals surface area contributed by atoms with E-state index in [0.717, 1.165) is 5.56 Å². The number of carbonyl (C=O) groups is 2. The molecule has 1 N–H and O–H groups in total. The lowest BCUT2D eigenvalue weighted by molar-refractivity contribution is -0.123. The van der Waals surface area contributed by atoms with E-state index in [-0.39, 0.29) is 0 Å². The predicted octanol–water partition coefficient (Wildman–Crippen LogP) is 5.11. The molecule has 1 amide bonds. The summed E-state index contributed by atoms with van der Waals surface area (Å²) in [5.74, 6) is 0.566. The SMILES string of the molecule is COc1ccc(-c2cc(C(=O)OC(C)C(=O)Nc3cc(OC)ccc3OC)c3ccccc3n2)cc1. The third-order valence-electron chi connectivity index (χ3n) is 5.64. The molecule has 36 heavy (non-hydrogen) atoms. The van der Waals surface area contributed by atoms with E-state index in [0.29, 0.717) is 45.1 Å². The number of esters is 1. The first kappa shape index (κ1) is 24.5. The molecule has 8 heteroatoms. The molecule has 4 aromatic rings. The molecule has 1 atom stereocenters. The molecule has 3 aromatic carbocycles. The summed E-state index contributed by atoms with van der Waals surface area (Å²) in [7, 11) is 4.62. The van der Waals surface area contributed by atoms with Gasteiger partial charge in [-0.25, -0.2) is 9.78 Å². The Bertz CT molecular complexity index is 1400. The fourth-order valence-corrected chi connectivity index (χ4v) is 3.68. The van der Waals surface area contributed by atoms with Gasteiger partial charge in [0.2, 0.25) is 0 Å². The second-order valence-electron chi connectivity index (χ2n) is 7.90. The summed E-state index contributed by atoms with van der Waals surface area (Å²) in [5, 5.41) is 3.36. The van der Waals surface area contributed by atoms with Crippen molar-refractivity contribution in [2.24, 2.45) is 0 Å². The molecule has 0 spiro atoms. The van der Waals surface area contributed by atoms with Crippen LogP contribution in [0.25, 0.3) is 22.2 Å². The molecule has 0 fully saturated rings. The van der Waals surface area contributed by atoms with Gasteiger partial charge in [-0.05, 0) is 55.5 Å². The van der Waals surface area contributed by atoms with Gasteiger partial charge < -0.3 is 24.3 Å². The lowest BCUT2D eigenvalue weighted by Crippen LogP contribution is -2.30. The van der Waals surface area contributed by atoms with Crippen molar-refractivity contribution in [3.05, 3.63) is 78.4 Å². The average Bonchev–Trinajstić information content (AvgIpc) is 2.92. The Balaban J connectivity index is 1.59. The van der Waals surface area contributed by atoms with Crippen molar-refractivity contribution in [3.8, 4) is 28.5 Å². The zero-order valence-corrected chi connectivity index (χ0v) is 20.4. The number of para-hydroxylation sites is 1. The number of pyridine rings is 1. The van der Waals surface area contributed by atoms with Crippen molar-refractivity contribution in [1.82, 2.24) is 4.98 Å². The number of aromatic nitrogens is 1. The van der Waals surface area contributed by atoms with Crippen LogP contribution in [0.5, 0.6) is 17.2 Å². The normalized spacial score (nSPS) is 11.4. The highest BCUT2D eigenvalue weighted by atomic mass is 16.5. The van der Waals surface area contributed by atoms with Crippen LogP contribution < -0.4 is 19.5 Å². The highest BCUT2D eigenvalue weighted by Crippen LogP contribution is 2.30. The van der Waals surface area contributed by atoms with Gasteiger partial charge >= 0.3 is 5.97 Å². The first-order valence-corrected chi connectivity index (χ1v) is 11.2. The number of benzene rings is 3. The Morgan fingerprint density at radius 2 is 1.53 bits per heavy atom. The number of nitrogens with zero attached hydrogens (tertiary/aromatic N) is 1. The van der Waals surface area contributed by atoms with Gasteiger partial charge in [0.1, 0.15) is 17.2 Å². The van der Waals surface area contributed by atoms with Crippen LogP contribution in [-0.4, -0.2) is 44.3 Å². The largest absolute Gasteiger partial charge is 0.497 e. The van der Waals surface area contributed by atoms with E-state index < -0.39 is 18.0 Å². The van der Waals surface area contributed by atoms with Crippen LogP contribution in [0.15, 0.2) is 72.8 Å². The van der Waals surface area contributed by atoms with Gasteiger partial charge in [-0.15, -0.1) is 0 Å². The lowest BCUT2D eigenvalue weighted by atomic mass is 10.0. The number of hydrogen-bond acceptors (Lipinski definition) is 7. The van der Waals surface area contributed by atoms with Crippen LogP contribution in [0.4, 0.5) is 5.69 Å². The summed E-state index contributed by atoms with van der Waals surface area (Å²) >= 11 is 0. The highest BCUT2D eigenvalue weighted by molar-refractivity contribution is 6.06. The number of amides is 1. The van der Waals surface area contributed by atoms with Gasteiger partial charge in [0.05, 0.1) is 43.8 Å². The van der Waals surface area contributed by atoms with Gasteiger partial charge in [-0.2, -0.15) is 0 Å². The molecular formula is C28H26N2O6. The standard InChI is InChI=1S/C28H26N2O6/c1-17(27(31)30-25-15-20(34-3)13-14-26(25)35-4)36-28(32)22-16-24(18-9-11-19(33-2)12-10-18)29-23-8-6-5-7-21(22)23/h5-17H,1-4H3,(H,30,31). The Morgan fingerprint density at radius 3 is 2.22 bits per heavy atom. The molecule has 1 unspecified atom stereocenters. The number of rotatable bonds is 8. The molecule has 0 aliphatic carbocycles. The smallest absolute Gasteiger partial charge is 0.339 e. The summed E-state index contributed by atoms with van der Waals surface area (Å²) in [5.41, 5.74) is 2.76. The number of fused-ring (bicyclic) bond motifs is 1. The maximum Gasteiger partial charge on any atom is 0.339 e. The predicted molar refractivity (Wildman–Crippen MR) is 137 cm³/mol. The summed E-state index contributed by atoms with van der Waals surface area (Å²) in [6.45, 7) is 1.51. The molecule has 1 aromatic heterocycles. The van der Waals surface area contributed by atoms with Gasteiger partial charge in [0.15, 0.2) is 6.10 Å². The fourth-order valence-electron chi connectivity index (χ4n) is 3.68. The van der Waals surface area contributed by atoms with Gasteiger partial charge in [-0.1, -0.05) is 18.2 Å². The van der Waals surface area contributed by atoms with Gasteiger partial charge in [-0.3, -0.25) is 4.79 Å². The van der Waals surface area contributed by atoms with Crippen molar-refractivity contribution in [1.29, 1.82) is 0 Å². The first-order chi connectivity index (χ1) is 17.4. The molecular weight excluding hydrogens is 460 g/mol. The van der Waals surface area contributed by atoms with Gasteiger partial charge in [0.25, 0.3) is 5.91 Å². The van der Waals surface area contributed by atoms with E-state index in [1.807, 2.05) is 42.5 Å². The number of hydrogen-bond donors (Lipinski definition) is 1. The van der Waals surface area contributed by atoms with Gasteiger partial charge in [0, 0.05) is 17.0 Å². The second-order valence-corrected chi connectivity index (χ2v) is 7.90. The molecule has 4 rings (SSSR count). The van der Waals surface area contributed by atoms with Crippen LogP contribution in [0.1, 0.15) is 17.3 Å². The maximum atomic E-state index is 13.2. The van der Waals surface area contributed by atoms with Crippen molar-refractivity contribution >= 4 is 28.5 Å². The highest BCUT2D eigenvalue weighted by Gasteiger charge is 2.23. The average molecular weight is 487 g/mol. The van der Waals surface area contributed by atoms with E-state index in [2.05, 4.69) is 5.32 Å². The minimum absolute atomic E-state index is 0.310. The second kappa shape index (κ2) is 10.8. The van der Waals surface area contributed by atoms with Crippen LogP contribution in [-0.2, 0) is 9.53 Å². The number of nitrogens with one attached hydrogen (secondary N) is 1. The topological polar surface area (TPSA) is 96.0 Å². The van der Waals surface area contributed by atoms with Crippen molar-refractivity contribution in [3.63, 3.8) is 0 Å². The lowest BCUT2D eigenvalue weighted by Gasteiger charge is -2.17. The molecule has 1 heterocycles. The molecule has 0 radical (unpaired) electrons. The van der Waals surface area contributed by atoms with Crippen molar-refractivity contribution < 1.29 is 28.5 Å². The minimum atomic E-state index is -1.08. The molecule has 8 nitrogen and oxygen atoms in total. The molecule has 184 valence electrons. The van der Waals surface area contributed by atoms with E-state index >= 15 is 0 Å². The number of methoxy groups -OCH3 is 3. The number of carbonyl (C=O) groups excluding carboxylic acids is 2. The zero-order valence-electron chi connectivity index (χ0n) is 20.4. The Hall–Kier alpha value is -4.59. The van der Waals surface area contributed by atoms with E-state index in [9.17, 15) is 9.59 Å². The third kappa shape index (κ3) is 5.22. The third-order valence-corrected chi connectivity index (χ3v) is 5.64. The Kier molecular flexibility index (Phi) is 7.34. The summed E-state index contributed by atoms with van der Waals surface area (Å²) in [6, 6.07) is 21.3. The van der Waals surface area contributed by atoms with Crippen LogP contribution in [0, 0.1) is 0 Å².